The zero-order valence-electron chi connectivity index (χ0n) is 9.55. The van der Waals surface area contributed by atoms with Crippen LogP contribution in [0.1, 0.15) is 52.4 Å². The summed E-state index contributed by atoms with van der Waals surface area (Å²) in [5.74, 6) is 0.749. The molecular weight excluding hydrogens is 168 g/mol. The number of hydrogen-bond donors (Lipinski definition) is 0. The van der Waals surface area contributed by atoms with Crippen LogP contribution in [-0.2, 0) is 0 Å². The van der Waals surface area contributed by atoms with Crippen LogP contribution in [0.5, 0.6) is 0 Å². The Bertz CT molecular complexity index is 257. The maximum Gasteiger partial charge on any atom is 0.00666 e. The van der Waals surface area contributed by atoms with Gasteiger partial charge in [-0.15, -0.1) is 0 Å². The first kappa shape index (κ1) is 10.0. The van der Waals surface area contributed by atoms with Crippen molar-refractivity contribution in [1.82, 2.24) is 0 Å². The van der Waals surface area contributed by atoms with E-state index in [0.717, 1.165) is 5.92 Å². The van der Waals surface area contributed by atoms with Crippen molar-refractivity contribution in [3.05, 3.63) is 23.8 Å². The Hall–Kier alpha value is -0.520. The first-order valence-corrected chi connectivity index (χ1v) is 6.11. The maximum absolute atomic E-state index is 2.61. The van der Waals surface area contributed by atoms with Gasteiger partial charge in [0.15, 0.2) is 0 Å². The highest BCUT2D eigenvalue weighted by atomic mass is 14.3. The molecule has 0 saturated carbocycles. The van der Waals surface area contributed by atoms with Crippen LogP contribution in [0.3, 0.4) is 0 Å². The van der Waals surface area contributed by atoms with Crippen LogP contribution in [0.2, 0.25) is 0 Å². The lowest BCUT2D eigenvalue weighted by Crippen LogP contribution is -2.11. The van der Waals surface area contributed by atoms with Gasteiger partial charge in [-0.05, 0) is 38.0 Å². The average molecular weight is 190 g/mol. The molecule has 0 bridgehead atoms. The molecule has 0 radical (unpaired) electrons. The second-order valence-corrected chi connectivity index (χ2v) is 5.26. The summed E-state index contributed by atoms with van der Waals surface area (Å²) in [6, 6.07) is 0. The van der Waals surface area contributed by atoms with Crippen LogP contribution < -0.4 is 0 Å². The molecule has 0 nitrogen and oxygen atoms in total. The smallest absolute Gasteiger partial charge is 0.00666 e. The summed E-state index contributed by atoms with van der Waals surface area (Å²) in [4.78, 5) is 0. The predicted octanol–water partition coefficient (Wildman–Crippen LogP) is 4.48. The van der Waals surface area contributed by atoms with Gasteiger partial charge < -0.3 is 0 Å². The Labute approximate surface area is 88.1 Å². The molecule has 0 aromatic heterocycles. The lowest BCUT2D eigenvalue weighted by molar-refractivity contribution is 0.429. The standard InChI is InChI=1S/C14H22/c1-12(2)13-7-3-4-8-14(11-13)9-5-6-10-14/h5,9,11-12H,3-4,6-8,10H2,1-2H3. The summed E-state index contributed by atoms with van der Waals surface area (Å²) in [6.45, 7) is 4.67. The van der Waals surface area contributed by atoms with Crippen LogP contribution in [-0.4, -0.2) is 0 Å². The molecule has 2 rings (SSSR count). The Morgan fingerprint density at radius 1 is 1.21 bits per heavy atom. The van der Waals surface area contributed by atoms with Gasteiger partial charge in [-0.1, -0.05) is 44.1 Å². The zero-order chi connectivity index (χ0) is 10.0. The van der Waals surface area contributed by atoms with E-state index in [-0.39, 0.29) is 0 Å². The molecule has 0 aromatic carbocycles. The minimum atomic E-state index is 0.468. The normalized spacial score (nSPS) is 32.4. The minimum absolute atomic E-state index is 0.468. The van der Waals surface area contributed by atoms with Gasteiger partial charge in [-0.25, -0.2) is 0 Å². The van der Waals surface area contributed by atoms with E-state index in [0.29, 0.717) is 5.41 Å². The Morgan fingerprint density at radius 2 is 2.07 bits per heavy atom. The molecule has 2 aliphatic rings. The van der Waals surface area contributed by atoms with Crippen molar-refractivity contribution in [3.63, 3.8) is 0 Å². The minimum Gasteiger partial charge on any atom is -0.0876 e. The molecule has 1 unspecified atom stereocenters. The van der Waals surface area contributed by atoms with Gasteiger partial charge in [0, 0.05) is 5.41 Å². The largest absolute Gasteiger partial charge is 0.0876 e. The van der Waals surface area contributed by atoms with E-state index in [2.05, 4.69) is 32.1 Å². The summed E-state index contributed by atoms with van der Waals surface area (Å²) in [7, 11) is 0. The summed E-state index contributed by atoms with van der Waals surface area (Å²) in [5.41, 5.74) is 2.17. The van der Waals surface area contributed by atoms with Crippen molar-refractivity contribution in [3.8, 4) is 0 Å². The fourth-order valence-corrected chi connectivity index (χ4v) is 2.83. The van der Waals surface area contributed by atoms with Crippen molar-refractivity contribution in [2.45, 2.75) is 52.4 Å². The number of allylic oxidation sites excluding steroid dienone is 4. The summed E-state index contributed by atoms with van der Waals surface area (Å²) in [6.07, 6.45) is 15.7. The third kappa shape index (κ3) is 1.94. The molecule has 0 aromatic rings. The van der Waals surface area contributed by atoms with Crippen molar-refractivity contribution >= 4 is 0 Å². The predicted molar refractivity (Wildman–Crippen MR) is 62.2 cm³/mol. The first-order valence-electron chi connectivity index (χ1n) is 6.11. The first-order chi connectivity index (χ1) is 6.72. The molecule has 0 heteroatoms. The van der Waals surface area contributed by atoms with Crippen molar-refractivity contribution in [1.29, 1.82) is 0 Å². The molecule has 0 aliphatic heterocycles. The molecule has 78 valence electrons. The third-order valence-corrected chi connectivity index (χ3v) is 3.80. The van der Waals surface area contributed by atoms with Gasteiger partial charge in [0.05, 0.1) is 0 Å². The molecule has 2 aliphatic carbocycles. The average Bonchev–Trinajstić information content (AvgIpc) is 2.47. The van der Waals surface area contributed by atoms with Gasteiger partial charge in [-0.2, -0.15) is 0 Å². The SMILES string of the molecule is CC(C)C1=CC2(C=CCC2)CCCC1. The summed E-state index contributed by atoms with van der Waals surface area (Å²) >= 11 is 0. The molecule has 1 spiro atoms. The fraction of sp³-hybridized carbons (Fsp3) is 0.714. The highest BCUT2D eigenvalue weighted by Crippen LogP contribution is 2.43. The number of hydrogen-bond acceptors (Lipinski definition) is 0. The van der Waals surface area contributed by atoms with Gasteiger partial charge in [0.1, 0.15) is 0 Å². The van der Waals surface area contributed by atoms with Gasteiger partial charge in [0.2, 0.25) is 0 Å². The van der Waals surface area contributed by atoms with Gasteiger partial charge in [0.25, 0.3) is 0 Å². The highest BCUT2D eigenvalue weighted by molar-refractivity contribution is 5.22. The lowest BCUT2D eigenvalue weighted by atomic mass is 9.81. The number of rotatable bonds is 1. The van der Waals surface area contributed by atoms with Crippen molar-refractivity contribution in [2.75, 3.05) is 0 Å². The zero-order valence-corrected chi connectivity index (χ0v) is 9.55. The Kier molecular flexibility index (Phi) is 2.80. The second kappa shape index (κ2) is 3.92. The highest BCUT2D eigenvalue weighted by Gasteiger charge is 2.29. The van der Waals surface area contributed by atoms with Crippen LogP contribution in [0.25, 0.3) is 0 Å². The molecule has 0 saturated heterocycles. The van der Waals surface area contributed by atoms with Crippen molar-refractivity contribution in [2.24, 2.45) is 11.3 Å². The van der Waals surface area contributed by atoms with E-state index in [1.807, 2.05) is 0 Å². The lowest BCUT2D eigenvalue weighted by Gasteiger charge is -2.23. The summed E-state index contributed by atoms with van der Waals surface area (Å²) in [5, 5.41) is 0. The third-order valence-electron chi connectivity index (χ3n) is 3.80. The van der Waals surface area contributed by atoms with Crippen LogP contribution in [0.15, 0.2) is 23.8 Å². The van der Waals surface area contributed by atoms with E-state index < -0.39 is 0 Å². The molecule has 0 N–H and O–H groups in total. The molecule has 0 amide bonds. The maximum atomic E-state index is 2.61. The van der Waals surface area contributed by atoms with E-state index in [4.69, 9.17) is 0 Å². The molecule has 14 heavy (non-hydrogen) atoms. The summed E-state index contributed by atoms with van der Waals surface area (Å²) < 4.78 is 0. The fourth-order valence-electron chi connectivity index (χ4n) is 2.83. The molecule has 0 fully saturated rings. The molecular formula is C14H22. The van der Waals surface area contributed by atoms with E-state index in [1.54, 1.807) is 5.57 Å². The Morgan fingerprint density at radius 3 is 2.71 bits per heavy atom. The van der Waals surface area contributed by atoms with Crippen LogP contribution >= 0.6 is 0 Å². The molecule has 1 atom stereocenters. The quantitative estimate of drug-likeness (QED) is 0.535. The van der Waals surface area contributed by atoms with E-state index >= 15 is 0 Å². The molecule has 0 heterocycles. The van der Waals surface area contributed by atoms with Gasteiger partial charge >= 0.3 is 0 Å². The van der Waals surface area contributed by atoms with E-state index in [1.165, 1.54) is 38.5 Å². The van der Waals surface area contributed by atoms with Crippen molar-refractivity contribution < 1.29 is 0 Å². The van der Waals surface area contributed by atoms with Gasteiger partial charge in [-0.3, -0.25) is 0 Å². The van der Waals surface area contributed by atoms with Crippen LogP contribution in [0, 0.1) is 11.3 Å². The topological polar surface area (TPSA) is 0 Å². The second-order valence-electron chi connectivity index (χ2n) is 5.26. The Balaban J connectivity index is 2.23. The monoisotopic (exact) mass is 190 g/mol. The van der Waals surface area contributed by atoms with Crippen LogP contribution in [0.4, 0.5) is 0 Å². The van der Waals surface area contributed by atoms with E-state index in [9.17, 15) is 0 Å².